The molecule has 0 atom stereocenters. The summed E-state index contributed by atoms with van der Waals surface area (Å²) in [6, 6.07) is 54.3. The van der Waals surface area contributed by atoms with Crippen molar-refractivity contribution in [2.75, 3.05) is 0 Å². The van der Waals surface area contributed by atoms with Crippen LogP contribution in [0.5, 0.6) is 0 Å². The van der Waals surface area contributed by atoms with Crippen LogP contribution in [0.25, 0.3) is 93.0 Å². The Bertz CT molecular complexity index is 2720. The van der Waals surface area contributed by atoms with Gasteiger partial charge in [-0.25, -0.2) is 0 Å². The van der Waals surface area contributed by atoms with Crippen LogP contribution in [0.1, 0.15) is 24.5 Å². The van der Waals surface area contributed by atoms with E-state index in [1.165, 1.54) is 98.0 Å². The van der Waals surface area contributed by atoms with Gasteiger partial charge in [0.2, 0.25) is 0 Å². The standard InChI is InChI=1S/C47H34/c1-3-4-16-35-30(2)22-25-41-46-29-45(43-27-33-15-7-8-17-36(33)37-18-9-10-19-38(37)43)40-21-12-11-20-39(40)44(46)28-42(47(35)41)34-24-23-31-13-5-6-14-32(31)26-34/h4-29H,3H2,1-2H3/b16-4-. The lowest BCUT2D eigenvalue weighted by atomic mass is 9.84. The van der Waals surface area contributed by atoms with Gasteiger partial charge in [0.25, 0.3) is 0 Å². The Morgan fingerprint density at radius 2 is 1.00 bits per heavy atom. The van der Waals surface area contributed by atoms with Crippen molar-refractivity contribution in [1.82, 2.24) is 0 Å². The van der Waals surface area contributed by atoms with Gasteiger partial charge in [0.15, 0.2) is 0 Å². The zero-order valence-corrected chi connectivity index (χ0v) is 26.7. The molecule has 0 heterocycles. The molecule has 0 saturated heterocycles. The van der Waals surface area contributed by atoms with Crippen LogP contribution >= 0.6 is 0 Å². The fourth-order valence-electron chi connectivity index (χ4n) is 7.77. The molecule has 0 unspecified atom stereocenters. The SMILES string of the molecule is CC/C=C\c1c(C)ccc2c1c(-c1ccc3ccccc3c1)cc1c3ccccc3c(-c3cc4ccccc4c4ccccc34)cc21. The van der Waals surface area contributed by atoms with Crippen molar-refractivity contribution in [2.45, 2.75) is 20.3 Å². The van der Waals surface area contributed by atoms with Crippen LogP contribution in [0, 0.1) is 6.92 Å². The van der Waals surface area contributed by atoms with E-state index in [1.54, 1.807) is 0 Å². The molecule has 0 N–H and O–H groups in total. The van der Waals surface area contributed by atoms with Gasteiger partial charge in [-0.05, 0) is 136 Å². The second-order valence-electron chi connectivity index (χ2n) is 12.8. The predicted molar refractivity (Wildman–Crippen MR) is 206 cm³/mol. The Balaban J connectivity index is 1.46. The topological polar surface area (TPSA) is 0 Å². The minimum Gasteiger partial charge on any atom is -0.0842 e. The summed E-state index contributed by atoms with van der Waals surface area (Å²) in [4.78, 5) is 0. The highest BCUT2D eigenvalue weighted by Crippen LogP contribution is 2.45. The van der Waals surface area contributed by atoms with Gasteiger partial charge in [-0.3, -0.25) is 0 Å². The van der Waals surface area contributed by atoms with Crippen molar-refractivity contribution in [3.63, 3.8) is 0 Å². The Hall–Kier alpha value is -5.72. The number of hydrogen-bond donors (Lipinski definition) is 0. The monoisotopic (exact) mass is 598 g/mol. The summed E-state index contributed by atoms with van der Waals surface area (Å²) < 4.78 is 0. The number of allylic oxidation sites excluding steroid dienone is 1. The average Bonchev–Trinajstić information content (AvgIpc) is 3.13. The van der Waals surface area contributed by atoms with E-state index < -0.39 is 0 Å². The number of hydrogen-bond acceptors (Lipinski definition) is 0. The van der Waals surface area contributed by atoms with Crippen LogP contribution in [0.3, 0.4) is 0 Å². The molecule has 0 aromatic heterocycles. The van der Waals surface area contributed by atoms with Gasteiger partial charge in [0.1, 0.15) is 0 Å². The third-order valence-electron chi connectivity index (χ3n) is 10.0. The van der Waals surface area contributed by atoms with E-state index in [-0.39, 0.29) is 0 Å². The van der Waals surface area contributed by atoms with Gasteiger partial charge in [0.05, 0.1) is 0 Å². The summed E-state index contributed by atoms with van der Waals surface area (Å²) >= 11 is 0. The highest BCUT2D eigenvalue weighted by molar-refractivity contribution is 6.27. The number of benzene rings is 9. The van der Waals surface area contributed by atoms with Crippen molar-refractivity contribution in [3.8, 4) is 22.3 Å². The van der Waals surface area contributed by atoms with Gasteiger partial charge >= 0.3 is 0 Å². The Morgan fingerprint density at radius 1 is 0.426 bits per heavy atom. The first-order valence-corrected chi connectivity index (χ1v) is 16.7. The van der Waals surface area contributed by atoms with E-state index in [2.05, 4.69) is 172 Å². The molecule has 0 saturated carbocycles. The first-order valence-electron chi connectivity index (χ1n) is 16.7. The van der Waals surface area contributed by atoms with E-state index in [1.807, 2.05) is 0 Å². The van der Waals surface area contributed by atoms with Crippen LogP contribution in [-0.2, 0) is 0 Å². The molecule has 0 fully saturated rings. The smallest absolute Gasteiger partial charge is 0.00238 e. The van der Waals surface area contributed by atoms with E-state index in [4.69, 9.17) is 0 Å². The van der Waals surface area contributed by atoms with Crippen molar-refractivity contribution in [2.24, 2.45) is 0 Å². The molecule has 47 heavy (non-hydrogen) atoms. The van der Waals surface area contributed by atoms with Crippen LogP contribution < -0.4 is 0 Å². The van der Waals surface area contributed by atoms with Crippen LogP contribution in [0.15, 0.2) is 152 Å². The largest absolute Gasteiger partial charge is 0.0842 e. The molecule has 0 aliphatic heterocycles. The second kappa shape index (κ2) is 11.0. The zero-order chi connectivity index (χ0) is 31.5. The molecule has 9 rings (SSSR count). The van der Waals surface area contributed by atoms with Crippen molar-refractivity contribution in [3.05, 3.63) is 163 Å². The van der Waals surface area contributed by atoms with Crippen LogP contribution in [0.4, 0.5) is 0 Å². The molecular weight excluding hydrogens is 565 g/mol. The fraction of sp³-hybridized carbons (Fsp3) is 0.0638. The predicted octanol–water partition coefficient (Wildman–Crippen LogP) is 13.7. The minimum absolute atomic E-state index is 0.999. The maximum absolute atomic E-state index is 2.48. The van der Waals surface area contributed by atoms with E-state index in [9.17, 15) is 0 Å². The molecule has 0 aliphatic carbocycles. The van der Waals surface area contributed by atoms with E-state index in [0.717, 1.165) is 6.42 Å². The van der Waals surface area contributed by atoms with Gasteiger partial charge in [-0.1, -0.05) is 140 Å². The van der Waals surface area contributed by atoms with Gasteiger partial charge in [-0.2, -0.15) is 0 Å². The highest BCUT2D eigenvalue weighted by Gasteiger charge is 2.18. The normalized spacial score (nSPS) is 12.0. The molecule has 0 heteroatoms. The molecule has 0 spiro atoms. The van der Waals surface area contributed by atoms with Gasteiger partial charge < -0.3 is 0 Å². The van der Waals surface area contributed by atoms with Gasteiger partial charge in [0, 0.05) is 0 Å². The summed E-state index contributed by atoms with van der Waals surface area (Å²) in [5, 5.41) is 15.4. The molecule has 9 aromatic carbocycles. The first kappa shape index (κ1) is 27.6. The highest BCUT2D eigenvalue weighted by atomic mass is 14.2. The van der Waals surface area contributed by atoms with E-state index in [0.29, 0.717) is 0 Å². The summed E-state index contributed by atoms with van der Waals surface area (Å²) in [5.74, 6) is 0. The fourth-order valence-corrected chi connectivity index (χ4v) is 7.77. The number of rotatable bonds is 4. The Morgan fingerprint density at radius 3 is 1.74 bits per heavy atom. The summed E-state index contributed by atoms with van der Waals surface area (Å²) in [6.07, 6.45) is 5.63. The molecule has 0 bridgehead atoms. The Labute approximate surface area is 275 Å². The quantitative estimate of drug-likeness (QED) is 0.177. The van der Waals surface area contributed by atoms with Crippen LogP contribution in [-0.4, -0.2) is 0 Å². The van der Waals surface area contributed by atoms with Crippen molar-refractivity contribution in [1.29, 1.82) is 0 Å². The zero-order valence-electron chi connectivity index (χ0n) is 26.7. The van der Waals surface area contributed by atoms with E-state index >= 15 is 0 Å². The second-order valence-corrected chi connectivity index (χ2v) is 12.8. The van der Waals surface area contributed by atoms with Crippen molar-refractivity contribution < 1.29 is 0 Å². The first-order chi connectivity index (χ1) is 23.2. The lowest BCUT2D eigenvalue weighted by molar-refractivity contribution is 1.23. The molecule has 0 aliphatic rings. The number of aryl methyl sites for hydroxylation is 1. The summed E-state index contributed by atoms with van der Waals surface area (Å²) in [6.45, 7) is 4.46. The summed E-state index contributed by atoms with van der Waals surface area (Å²) in [7, 11) is 0. The third-order valence-corrected chi connectivity index (χ3v) is 10.0. The number of fused-ring (bicyclic) bond motifs is 9. The minimum atomic E-state index is 0.999. The molecule has 222 valence electrons. The molecule has 0 nitrogen and oxygen atoms in total. The molecular formula is C47H34. The average molecular weight is 599 g/mol. The Kier molecular flexibility index (Phi) is 6.44. The summed E-state index contributed by atoms with van der Waals surface area (Å²) in [5.41, 5.74) is 7.70. The van der Waals surface area contributed by atoms with Crippen molar-refractivity contribution >= 4 is 70.7 Å². The maximum Gasteiger partial charge on any atom is -0.00238 e. The lowest BCUT2D eigenvalue weighted by Crippen LogP contribution is -1.93. The molecule has 9 aromatic rings. The van der Waals surface area contributed by atoms with Crippen LogP contribution in [0.2, 0.25) is 0 Å². The van der Waals surface area contributed by atoms with Gasteiger partial charge in [-0.15, -0.1) is 0 Å². The maximum atomic E-state index is 2.48. The molecule has 0 radical (unpaired) electrons. The third kappa shape index (κ3) is 4.37. The molecule has 0 amide bonds. The lowest BCUT2D eigenvalue weighted by Gasteiger charge is -2.19.